The number of hydrogen-bond donors (Lipinski definition) is 2. The highest BCUT2D eigenvalue weighted by Crippen LogP contribution is 2.21. The second-order valence-corrected chi connectivity index (χ2v) is 6.15. The van der Waals surface area contributed by atoms with Crippen molar-refractivity contribution in [3.8, 4) is 0 Å². The second kappa shape index (κ2) is 7.65. The van der Waals surface area contributed by atoms with E-state index in [1.165, 1.54) is 0 Å². The van der Waals surface area contributed by atoms with Gasteiger partial charge in [-0.05, 0) is 43.5 Å². The molecule has 3 amide bonds. The number of ether oxygens (including phenoxy) is 1. The van der Waals surface area contributed by atoms with Crippen molar-refractivity contribution in [1.29, 1.82) is 0 Å². The molecule has 25 heavy (non-hydrogen) atoms. The number of anilines is 1. The van der Waals surface area contributed by atoms with Crippen molar-refractivity contribution in [2.45, 2.75) is 37.8 Å². The molecule has 3 N–H and O–H groups in total. The van der Waals surface area contributed by atoms with E-state index >= 15 is 0 Å². The maximum atomic E-state index is 12.4. The van der Waals surface area contributed by atoms with Gasteiger partial charge in [-0.15, -0.1) is 0 Å². The van der Waals surface area contributed by atoms with Crippen LogP contribution in [0.1, 0.15) is 36.0 Å². The molecule has 3 rings (SSSR count). The average molecular weight is 343 g/mol. The van der Waals surface area contributed by atoms with E-state index in [-0.39, 0.29) is 11.8 Å². The summed E-state index contributed by atoms with van der Waals surface area (Å²) in [5, 5.41) is 2.72. The molecule has 2 radical (unpaired) electrons. The van der Waals surface area contributed by atoms with Crippen molar-refractivity contribution < 1.29 is 19.1 Å². The van der Waals surface area contributed by atoms with Gasteiger partial charge in [0.15, 0.2) is 6.10 Å². The third-order valence-corrected chi connectivity index (χ3v) is 4.40. The Bertz CT molecular complexity index is 659. The lowest BCUT2D eigenvalue weighted by Gasteiger charge is -2.29. The summed E-state index contributed by atoms with van der Waals surface area (Å²) in [6.07, 6.45) is 5.09. The number of carbonyl (C=O) groups is 3. The van der Waals surface area contributed by atoms with Gasteiger partial charge in [-0.2, -0.15) is 0 Å². The Labute approximate surface area is 146 Å². The van der Waals surface area contributed by atoms with Crippen molar-refractivity contribution in [2.75, 3.05) is 18.1 Å². The van der Waals surface area contributed by atoms with Crippen molar-refractivity contribution in [3.63, 3.8) is 0 Å². The van der Waals surface area contributed by atoms with Crippen molar-refractivity contribution in [3.05, 3.63) is 36.2 Å². The standard InChI is InChI=1S/C18H21N3O4/c19-17(23)16-14(4-3-11-25-16)20-18(24)12-6-8-13(9-7-12)21-10-2-1-5-15(21)22/h6-9,14,16H,1-3,5,10-11H2,(H2,19,23)(H,20,24). The molecule has 2 fully saturated rings. The lowest BCUT2D eigenvalue weighted by Crippen LogP contribution is -2.53. The number of piperidine rings is 1. The van der Waals surface area contributed by atoms with E-state index in [0.29, 0.717) is 31.6 Å². The lowest BCUT2D eigenvalue weighted by molar-refractivity contribution is -0.132. The van der Waals surface area contributed by atoms with E-state index in [4.69, 9.17) is 10.5 Å². The van der Waals surface area contributed by atoms with Crippen LogP contribution in [0.3, 0.4) is 0 Å². The third kappa shape index (κ3) is 3.99. The molecule has 0 saturated carbocycles. The summed E-state index contributed by atoms with van der Waals surface area (Å²) in [6, 6.07) is 6.18. The van der Waals surface area contributed by atoms with Crippen molar-refractivity contribution in [2.24, 2.45) is 5.73 Å². The van der Waals surface area contributed by atoms with Crippen LogP contribution in [0.4, 0.5) is 5.69 Å². The van der Waals surface area contributed by atoms with Crippen molar-refractivity contribution >= 4 is 23.4 Å². The van der Waals surface area contributed by atoms with Crippen LogP contribution < -0.4 is 16.0 Å². The van der Waals surface area contributed by atoms with Gasteiger partial charge in [0.05, 0.1) is 6.04 Å². The molecule has 7 nitrogen and oxygen atoms in total. The minimum atomic E-state index is -0.900. The summed E-state index contributed by atoms with van der Waals surface area (Å²) in [5.74, 6) is -0.862. The van der Waals surface area contributed by atoms with Crippen LogP contribution in [-0.4, -0.2) is 43.0 Å². The number of nitrogens with one attached hydrogen (secondary N) is 1. The predicted molar refractivity (Wildman–Crippen MR) is 90.7 cm³/mol. The van der Waals surface area contributed by atoms with Crippen molar-refractivity contribution in [1.82, 2.24) is 5.32 Å². The molecule has 2 saturated heterocycles. The lowest BCUT2D eigenvalue weighted by atomic mass is 10.0. The maximum Gasteiger partial charge on any atom is 0.251 e. The highest BCUT2D eigenvalue weighted by molar-refractivity contribution is 5.97. The van der Waals surface area contributed by atoms with Gasteiger partial charge < -0.3 is 20.7 Å². The first-order valence-corrected chi connectivity index (χ1v) is 8.42. The van der Waals surface area contributed by atoms with Crippen LogP contribution in [-0.2, 0) is 14.3 Å². The summed E-state index contributed by atoms with van der Waals surface area (Å²) in [7, 11) is 0. The number of nitrogens with zero attached hydrogens (tertiary/aromatic N) is 1. The number of hydrogen-bond acceptors (Lipinski definition) is 4. The Hall–Kier alpha value is -2.41. The number of benzene rings is 1. The van der Waals surface area contributed by atoms with Crippen LogP contribution in [0, 0.1) is 6.42 Å². The van der Waals surface area contributed by atoms with Gasteiger partial charge in [0.1, 0.15) is 0 Å². The molecular formula is C18H21N3O4. The maximum absolute atomic E-state index is 12.4. The number of primary amides is 1. The Morgan fingerprint density at radius 3 is 2.68 bits per heavy atom. The number of amides is 3. The molecule has 132 valence electrons. The first-order chi connectivity index (χ1) is 12.1. The molecule has 7 heteroatoms. The first-order valence-electron chi connectivity index (χ1n) is 8.42. The fourth-order valence-corrected chi connectivity index (χ4v) is 3.07. The highest BCUT2D eigenvalue weighted by atomic mass is 16.5. The van der Waals surface area contributed by atoms with Gasteiger partial charge in [0.2, 0.25) is 11.8 Å². The molecule has 0 aromatic heterocycles. The normalized spacial score (nSPS) is 24.0. The van der Waals surface area contributed by atoms with E-state index in [1.54, 1.807) is 29.2 Å². The summed E-state index contributed by atoms with van der Waals surface area (Å²) in [4.78, 5) is 37.5. The zero-order valence-corrected chi connectivity index (χ0v) is 13.9. The van der Waals surface area contributed by atoms with Gasteiger partial charge in [-0.1, -0.05) is 0 Å². The third-order valence-electron chi connectivity index (χ3n) is 4.40. The fraction of sp³-hybridized carbons (Fsp3) is 0.444. The average Bonchev–Trinajstić information content (AvgIpc) is 2.62. The van der Waals surface area contributed by atoms with E-state index in [9.17, 15) is 14.4 Å². The molecule has 2 atom stereocenters. The van der Waals surface area contributed by atoms with E-state index < -0.39 is 18.1 Å². The largest absolute Gasteiger partial charge is 0.367 e. The molecule has 2 aliphatic heterocycles. The van der Waals surface area contributed by atoms with E-state index in [1.807, 2.05) is 0 Å². The van der Waals surface area contributed by atoms with Crippen LogP contribution in [0.5, 0.6) is 0 Å². The summed E-state index contributed by atoms with van der Waals surface area (Å²) >= 11 is 0. The Balaban J connectivity index is 1.66. The minimum absolute atomic E-state index is 0.108. The Morgan fingerprint density at radius 2 is 2.00 bits per heavy atom. The molecule has 0 spiro atoms. The van der Waals surface area contributed by atoms with Gasteiger partial charge in [-0.25, -0.2) is 0 Å². The molecule has 2 unspecified atom stereocenters. The summed E-state index contributed by atoms with van der Waals surface area (Å²) < 4.78 is 5.30. The molecule has 0 aliphatic carbocycles. The van der Waals surface area contributed by atoms with Crippen LogP contribution in [0.25, 0.3) is 0 Å². The topological polar surface area (TPSA) is 102 Å². The quantitative estimate of drug-likeness (QED) is 0.838. The predicted octanol–water partition coefficient (Wildman–Crippen LogP) is 0.657. The molecule has 0 bridgehead atoms. The molecular weight excluding hydrogens is 322 g/mol. The number of rotatable bonds is 4. The summed E-state index contributed by atoms with van der Waals surface area (Å²) in [6.45, 7) is 1.06. The smallest absolute Gasteiger partial charge is 0.251 e. The zero-order chi connectivity index (χ0) is 17.8. The second-order valence-electron chi connectivity index (χ2n) is 6.15. The van der Waals surface area contributed by atoms with Gasteiger partial charge in [-0.3, -0.25) is 14.4 Å². The van der Waals surface area contributed by atoms with E-state index in [2.05, 4.69) is 11.7 Å². The molecule has 2 aliphatic rings. The SMILES string of the molecule is NC(=O)C1OCC[C]C1NC(=O)c1ccc(N2CCCCC2=O)cc1. The Morgan fingerprint density at radius 1 is 1.24 bits per heavy atom. The Kier molecular flexibility index (Phi) is 5.33. The van der Waals surface area contributed by atoms with E-state index in [0.717, 1.165) is 18.5 Å². The van der Waals surface area contributed by atoms with Crippen LogP contribution in [0.2, 0.25) is 0 Å². The number of nitrogens with two attached hydrogens (primary N) is 1. The highest BCUT2D eigenvalue weighted by Gasteiger charge is 2.32. The monoisotopic (exact) mass is 343 g/mol. The number of carbonyl (C=O) groups excluding carboxylic acids is 3. The van der Waals surface area contributed by atoms with Crippen LogP contribution in [0.15, 0.2) is 24.3 Å². The molecule has 1 aromatic rings. The molecule has 2 heterocycles. The zero-order valence-electron chi connectivity index (χ0n) is 13.9. The van der Waals surface area contributed by atoms with Gasteiger partial charge in [0.25, 0.3) is 5.91 Å². The van der Waals surface area contributed by atoms with Crippen LogP contribution >= 0.6 is 0 Å². The molecule has 1 aromatic carbocycles. The fourth-order valence-electron chi connectivity index (χ4n) is 3.07. The van der Waals surface area contributed by atoms with Gasteiger partial charge in [0, 0.05) is 37.2 Å². The summed E-state index contributed by atoms with van der Waals surface area (Å²) in [5.41, 5.74) is 6.52. The minimum Gasteiger partial charge on any atom is -0.367 e. The van der Waals surface area contributed by atoms with Gasteiger partial charge >= 0.3 is 0 Å². The first kappa shape index (κ1) is 17.4.